The molecule has 31 heavy (non-hydrogen) atoms. The number of carbonyl (C=O) groups is 2. The Morgan fingerprint density at radius 2 is 1.90 bits per heavy atom. The Labute approximate surface area is 181 Å². The van der Waals surface area contributed by atoms with E-state index in [0.717, 1.165) is 11.1 Å². The van der Waals surface area contributed by atoms with Crippen molar-refractivity contribution in [1.82, 2.24) is 9.78 Å². The van der Waals surface area contributed by atoms with Gasteiger partial charge in [0, 0.05) is 18.4 Å². The number of amides is 1. The lowest BCUT2D eigenvalue weighted by Gasteiger charge is -2.11. The molecule has 0 atom stereocenters. The summed E-state index contributed by atoms with van der Waals surface area (Å²) in [6, 6.07) is 12.8. The van der Waals surface area contributed by atoms with Gasteiger partial charge in [0.05, 0.1) is 18.9 Å². The van der Waals surface area contributed by atoms with Gasteiger partial charge in [0.2, 0.25) is 0 Å². The first-order chi connectivity index (χ1) is 15.0. The summed E-state index contributed by atoms with van der Waals surface area (Å²) in [5.41, 5.74) is 3.13. The molecule has 0 spiro atoms. The van der Waals surface area contributed by atoms with Crippen LogP contribution in [0.3, 0.4) is 0 Å². The first kappa shape index (κ1) is 21.8. The Balaban J connectivity index is 1.60. The van der Waals surface area contributed by atoms with Crippen LogP contribution in [-0.4, -0.2) is 35.2 Å². The molecule has 0 radical (unpaired) electrons. The Hall–Kier alpha value is -3.87. The van der Waals surface area contributed by atoms with E-state index in [1.165, 1.54) is 13.2 Å². The maximum atomic E-state index is 12.3. The summed E-state index contributed by atoms with van der Waals surface area (Å²) >= 11 is 0. The number of hydrogen-bond donors (Lipinski definition) is 1. The number of ketones is 1. The molecule has 0 unspecified atom stereocenters. The fourth-order valence-corrected chi connectivity index (χ4v) is 2.82. The van der Waals surface area contributed by atoms with Gasteiger partial charge in [-0.3, -0.25) is 14.3 Å². The van der Waals surface area contributed by atoms with Gasteiger partial charge >= 0.3 is 0 Å². The topological polar surface area (TPSA) is 82.5 Å². The van der Waals surface area contributed by atoms with Crippen molar-refractivity contribution in [3.63, 3.8) is 0 Å². The highest BCUT2D eigenvalue weighted by molar-refractivity contribution is 6.06. The van der Waals surface area contributed by atoms with E-state index in [9.17, 15) is 9.59 Å². The van der Waals surface area contributed by atoms with Gasteiger partial charge < -0.3 is 14.8 Å². The van der Waals surface area contributed by atoms with E-state index < -0.39 is 0 Å². The number of carbonyl (C=O) groups excluding carboxylic acids is 2. The molecule has 0 aliphatic heterocycles. The van der Waals surface area contributed by atoms with E-state index in [1.807, 2.05) is 38.1 Å². The number of nitrogens with one attached hydrogen (secondary N) is 1. The van der Waals surface area contributed by atoms with Gasteiger partial charge in [-0.15, -0.1) is 0 Å². The average molecular weight is 419 g/mol. The number of ether oxygens (including phenoxy) is 2. The van der Waals surface area contributed by atoms with Gasteiger partial charge in [-0.1, -0.05) is 29.8 Å². The fraction of sp³-hybridized carbons (Fsp3) is 0.208. The molecule has 0 aliphatic carbocycles. The molecule has 160 valence electrons. The molecule has 3 aromatic rings. The van der Waals surface area contributed by atoms with Crippen LogP contribution < -0.4 is 14.8 Å². The van der Waals surface area contributed by atoms with Crippen LogP contribution in [0.1, 0.15) is 28.4 Å². The second kappa shape index (κ2) is 10.2. The van der Waals surface area contributed by atoms with Gasteiger partial charge in [0.15, 0.2) is 23.9 Å². The van der Waals surface area contributed by atoms with Crippen LogP contribution in [0.4, 0.5) is 5.69 Å². The first-order valence-corrected chi connectivity index (χ1v) is 9.90. The van der Waals surface area contributed by atoms with Crippen molar-refractivity contribution in [3.05, 3.63) is 77.6 Å². The molecule has 0 bridgehead atoms. The predicted molar refractivity (Wildman–Crippen MR) is 120 cm³/mol. The van der Waals surface area contributed by atoms with E-state index in [0.29, 0.717) is 29.3 Å². The van der Waals surface area contributed by atoms with Crippen molar-refractivity contribution in [2.45, 2.75) is 20.4 Å². The summed E-state index contributed by atoms with van der Waals surface area (Å²) < 4.78 is 12.7. The number of hydrogen-bond acceptors (Lipinski definition) is 5. The minimum atomic E-state index is -0.270. The zero-order valence-electron chi connectivity index (χ0n) is 17.8. The standard InChI is InChI=1S/C24H25N3O4/c1-4-27-15-19(14-25-27)21(28)11-7-18-8-12-22(23(13-18)30-3)31-16-24(29)26-20-9-5-17(2)6-10-20/h5-15H,4,16H2,1-3H3,(H,26,29)/b11-7+. The van der Waals surface area contributed by atoms with Crippen LogP contribution in [0.2, 0.25) is 0 Å². The maximum Gasteiger partial charge on any atom is 0.262 e. The molecule has 2 aromatic carbocycles. The van der Waals surface area contributed by atoms with E-state index in [2.05, 4.69) is 10.4 Å². The van der Waals surface area contributed by atoms with Crippen LogP contribution >= 0.6 is 0 Å². The lowest BCUT2D eigenvalue weighted by molar-refractivity contribution is -0.118. The number of methoxy groups -OCH3 is 1. The van der Waals surface area contributed by atoms with Crippen LogP contribution in [0, 0.1) is 6.92 Å². The van der Waals surface area contributed by atoms with Crippen molar-refractivity contribution in [2.75, 3.05) is 19.0 Å². The number of anilines is 1. The number of nitrogens with zero attached hydrogens (tertiary/aromatic N) is 2. The first-order valence-electron chi connectivity index (χ1n) is 9.90. The molecule has 1 aromatic heterocycles. The smallest absolute Gasteiger partial charge is 0.262 e. The number of benzene rings is 2. The lowest BCUT2D eigenvalue weighted by Crippen LogP contribution is -2.20. The molecule has 0 fully saturated rings. The zero-order valence-corrected chi connectivity index (χ0v) is 17.8. The van der Waals surface area contributed by atoms with Crippen molar-refractivity contribution < 1.29 is 19.1 Å². The van der Waals surface area contributed by atoms with E-state index in [4.69, 9.17) is 9.47 Å². The second-order valence-electron chi connectivity index (χ2n) is 6.90. The molecule has 7 nitrogen and oxygen atoms in total. The molecule has 1 amide bonds. The highest BCUT2D eigenvalue weighted by Gasteiger charge is 2.09. The summed E-state index contributed by atoms with van der Waals surface area (Å²) in [6.45, 7) is 4.49. The van der Waals surface area contributed by atoms with Gasteiger partial charge in [-0.25, -0.2) is 0 Å². The van der Waals surface area contributed by atoms with E-state index in [-0.39, 0.29) is 18.3 Å². The largest absolute Gasteiger partial charge is 0.493 e. The van der Waals surface area contributed by atoms with Crippen LogP contribution in [0.25, 0.3) is 6.08 Å². The van der Waals surface area contributed by atoms with Gasteiger partial charge in [-0.2, -0.15) is 5.10 Å². The maximum absolute atomic E-state index is 12.3. The third-order valence-corrected chi connectivity index (χ3v) is 4.55. The Kier molecular flexibility index (Phi) is 7.22. The normalized spacial score (nSPS) is 10.8. The average Bonchev–Trinajstić information content (AvgIpc) is 3.27. The molecule has 1 heterocycles. The van der Waals surface area contributed by atoms with Crippen LogP contribution in [0.15, 0.2) is 60.9 Å². The molecular weight excluding hydrogens is 394 g/mol. The minimum absolute atomic E-state index is 0.133. The third-order valence-electron chi connectivity index (χ3n) is 4.55. The third kappa shape index (κ3) is 6.05. The van der Waals surface area contributed by atoms with Gasteiger partial charge in [0.25, 0.3) is 5.91 Å². The summed E-state index contributed by atoms with van der Waals surface area (Å²) in [5, 5.41) is 6.89. The summed E-state index contributed by atoms with van der Waals surface area (Å²) in [4.78, 5) is 24.4. The lowest BCUT2D eigenvalue weighted by atomic mass is 10.1. The van der Waals surface area contributed by atoms with Crippen molar-refractivity contribution in [2.24, 2.45) is 0 Å². The summed E-state index contributed by atoms with van der Waals surface area (Å²) in [6.07, 6.45) is 6.45. The monoisotopic (exact) mass is 419 g/mol. The van der Waals surface area contributed by atoms with Crippen LogP contribution in [0.5, 0.6) is 11.5 Å². The molecule has 0 saturated carbocycles. The molecular formula is C24H25N3O4. The predicted octanol–water partition coefficient (Wildman–Crippen LogP) is 4.13. The van der Waals surface area contributed by atoms with E-state index in [1.54, 1.807) is 41.4 Å². The molecule has 1 N–H and O–H groups in total. The number of aromatic nitrogens is 2. The summed E-state index contributed by atoms with van der Waals surface area (Å²) in [7, 11) is 1.52. The van der Waals surface area contributed by atoms with Crippen molar-refractivity contribution >= 4 is 23.5 Å². The van der Waals surface area contributed by atoms with E-state index >= 15 is 0 Å². The second-order valence-corrected chi connectivity index (χ2v) is 6.90. The highest BCUT2D eigenvalue weighted by atomic mass is 16.5. The van der Waals surface area contributed by atoms with Crippen LogP contribution in [-0.2, 0) is 11.3 Å². The molecule has 0 saturated heterocycles. The minimum Gasteiger partial charge on any atom is -0.493 e. The zero-order chi connectivity index (χ0) is 22.2. The summed E-state index contributed by atoms with van der Waals surface area (Å²) in [5.74, 6) is 0.505. The van der Waals surface area contributed by atoms with Gasteiger partial charge in [-0.05, 0) is 49.8 Å². The number of allylic oxidation sites excluding steroid dienone is 1. The Bertz CT molecular complexity index is 1080. The molecule has 7 heteroatoms. The SMILES string of the molecule is CCn1cc(C(=O)/C=C/c2ccc(OCC(=O)Nc3ccc(C)cc3)c(OC)c2)cn1. The quantitative estimate of drug-likeness (QED) is 0.416. The Morgan fingerprint density at radius 1 is 1.13 bits per heavy atom. The Morgan fingerprint density at radius 3 is 2.58 bits per heavy atom. The molecule has 3 rings (SSSR count). The van der Waals surface area contributed by atoms with Gasteiger partial charge in [0.1, 0.15) is 0 Å². The number of aryl methyl sites for hydroxylation is 2. The van der Waals surface area contributed by atoms with Crippen molar-refractivity contribution in [3.8, 4) is 11.5 Å². The highest BCUT2D eigenvalue weighted by Crippen LogP contribution is 2.28. The number of rotatable bonds is 9. The van der Waals surface area contributed by atoms with Crippen molar-refractivity contribution in [1.29, 1.82) is 0 Å². The molecule has 0 aliphatic rings. The fourth-order valence-electron chi connectivity index (χ4n) is 2.82.